The molecule has 0 saturated carbocycles. The summed E-state index contributed by atoms with van der Waals surface area (Å²) in [5, 5.41) is 10.8. The van der Waals surface area contributed by atoms with Crippen molar-refractivity contribution < 1.29 is 4.92 Å². The Morgan fingerprint density at radius 1 is 1.71 bits per heavy atom. The molecular formula is C11H17N3O2S. The zero-order valence-electron chi connectivity index (χ0n) is 9.83. The minimum Gasteiger partial charge on any atom is -0.328 e. The predicted molar refractivity (Wildman–Crippen MR) is 68.0 cm³/mol. The molecule has 0 aromatic carbocycles. The van der Waals surface area contributed by atoms with E-state index in [0.29, 0.717) is 5.92 Å². The molecule has 0 spiro atoms. The van der Waals surface area contributed by atoms with E-state index in [1.165, 1.54) is 11.3 Å². The van der Waals surface area contributed by atoms with Crippen LogP contribution in [0.15, 0.2) is 12.1 Å². The molecule has 1 aromatic rings. The van der Waals surface area contributed by atoms with Crippen LogP contribution in [0.3, 0.4) is 0 Å². The van der Waals surface area contributed by atoms with E-state index in [4.69, 9.17) is 5.73 Å². The molecule has 2 rings (SSSR count). The van der Waals surface area contributed by atoms with E-state index in [-0.39, 0.29) is 16.0 Å². The van der Waals surface area contributed by atoms with Gasteiger partial charge in [-0.2, -0.15) is 0 Å². The van der Waals surface area contributed by atoms with Crippen LogP contribution in [0.5, 0.6) is 0 Å². The molecule has 2 unspecified atom stereocenters. The Morgan fingerprint density at radius 3 is 3.00 bits per heavy atom. The first kappa shape index (κ1) is 12.5. The van der Waals surface area contributed by atoms with E-state index in [2.05, 4.69) is 4.90 Å². The fourth-order valence-corrected chi connectivity index (χ4v) is 3.07. The van der Waals surface area contributed by atoms with E-state index >= 15 is 0 Å². The molecule has 2 N–H and O–H groups in total. The summed E-state index contributed by atoms with van der Waals surface area (Å²) < 4.78 is 0. The monoisotopic (exact) mass is 255 g/mol. The second-order valence-corrected chi connectivity index (χ2v) is 5.79. The highest BCUT2D eigenvalue weighted by molar-refractivity contribution is 7.15. The predicted octanol–water partition coefficient (Wildman–Crippen LogP) is 1.83. The fraction of sp³-hybridized carbons (Fsp3) is 0.636. The quantitative estimate of drug-likeness (QED) is 0.658. The molecule has 5 nitrogen and oxygen atoms in total. The summed E-state index contributed by atoms with van der Waals surface area (Å²) in [5.74, 6) is 0.560. The molecule has 94 valence electrons. The highest BCUT2D eigenvalue weighted by Crippen LogP contribution is 2.27. The number of rotatable bonds is 4. The van der Waals surface area contributed by atoms with Crippen LogP contribution in [0.25, 0.3) is 0 Å². The minimum absolute atomic E-state index is 0.225. The van der Waals surface area contributed by atoms with Gasteiger partial charge in [-0.1, -0.05) is 11.3 Å². The first-order valence-electron chi connectivity index (χ1n) is 5.77. The average Bonchev–Trinajstić information content (AvgIpc) is 2.87. The maximum Gasteiger partial charge on any atom is 0.324 e. The molecule has 1 fully saturated rings. The van der Waals surface area contributed by atoms with E-state index in [1.54, 1.807) is 6.07 Å². The third-order valence-corrected chi connectivity index (χ3v) is 4.28. The van der Waals surface area contributed by atoms with Crippen LogP contribution in [-0.2, 0) is 6.54 Å². The Bertz CT molecular complexity index is 405. The van der Waals surface area contributed by atoms with E-state index in [0.717, 1.165) is 30.9 Å². The zero-order valence-corrected chi connectivity index (χ0v) is 10.7. The smallest absolute Gasteiger partial charge is 0.324 e. The first-order valence-corrected chi connectivity index (χ1v) is 6.59. The minimum atomic E-state index is -0.330. The van der Waals surface area contributed by atoms with Crippen LogP contribution in [-0.4, -0.2) is 29.0 Å². The molecule has 1 aliphatic rings. The summed E-state index contributed by atoms with van der Waals surface area (Å²) in [6.45, 7) is 4.90. The molecule has 6 heteroatoms. The Labute approximate surface area is 104 Å². The van der Waals surface area contributed by atoms with Gasteiger partial charge in [-0.3, -0.25) is 15.0 Å². The molecule has 2 heterocycles. The molecular weight excluding hydrogens is 238 g/mol. The zero-order chi connectivity index (χ0) is 12.4. The number of nitrogens with two attached hydrogens (primary N) is 1. The molecule has 0 radical (unpaired) electrons. The second kappa shape index (κ2) is 5.12. The van der Waals surface area contributed by atoms with Gasteiger partial charge in [0.15, 0.2) is 0 Å². The molecule has 1 aromatic heterocycles. The molecule has 2 atom stereocenters. The lowest BCUT2D eigenvalue weighted by Crippen LogP contribution is -2.29. The van der Waals surface area contributed by atoms with Gasteiger partial charge in [-0.25, -0.2) is 0 Å². The van der Waals surface area contributed by atoms with Crippen molar-refractivity contribution in [3.63, 3.8) is 0 Å². The second-order valence-electron chi connectivity index (χ2n) is 4.64. The third kappa shape index (κ3) is 3.02. The number of nitro groups is 1. The lowest BCUT2D eigenvalue weighted by Gasteiger charge is -2.16. The number of likely N-dealkylation sites (tertiary alicyclic amines) is 1. The largest absolute Gasteiger partial charge is 0.328 e. The summed E-state index contributed by atoms with van der Waals surface area (Å²) in [7, 11) is 0. The Kier molecular flexibility index (Phi) is 3.76. The molecule has 1 aliphatic heterocycles. The summed E-state index contributed by atoms with van der Waals surface area (Å²) in [6.07, 6.45) is 1.13. The molecule has 0 amide bonds. The number of hydrogen-bond acceptors (Lipinski definition) is 5. The molecule has 0 bridgehead atoms. The van der Waals surface area contributed by atoms with Crippen molar-refractivity contribution in [1.29, 1.82) is 0 Å². The van der Waals surface area contributed by atoms with Crippen LogP contribution < -0.4 is 5.73 Å². The highest BCUT2D eigenvalue weighted by atomic mass is 32.1. The van der Waals surface area contributed by atoms with E-state index < -0.39 is 0 Å². The molecule has 1 saturated heterocycles. The Hall–Kier alpha value is -0.980. The van der Waals surface area contributed by atoms with Gasteiger partial charge in [0, 0.05) is 30.1 Å². The van der Waals surface area contributed by atoms with Gasteiger partial charge in [-0.15, -0.1) is 0 Å². The SMILES string of the molecule is CC(N)C1CCN(Cc2ccc([N+](=O)[O-])s2)C1. The maximum atomic E-state index is 10.6. The van der Waals surface area contributed by atoms with Gasteiger partial charge in [-0.05, 0) is 31.9 Å². The van der Waals surface area contributed by atoms with Crippen molar-refractivity contribution >= 4 is 16.3 Å². The van der Waals surface area contributed by atoms with Crippen LogP contribution in [0.1, 0.15) is 18.2 Å². The lowest BCUT2D eigenvalue weighted by atomic mass is 10.0. The Balaban J connectivity index is 1.91. The van der Waals surface area contributed by atoms with Crippen molar-refractivity contribution in [2.75, 3.05) is 13.1 Å². The van der Waals surface area contributed by atoms with Gasteiger partial charge in [0.1, 0.15) is 0 Å². The van der Waals surface area contributed by atoms with Gasteiger partial charge in [0.05, 0.1) is 4.92 Å². The van der Waals surface area contributed by atoms with Crippen LogP contribution in [0, 0.1) is 16.0 Å². The first-order chi connectivity index (χ1) is 8.06. The van der Waals surface area contributed by atoms with Crippen molar-refractivity contribution in [2.45, 2.75) is 25.9 Å². The topological polar surface area (TPSA) is 72.4 Å². The van der Waals surface area contributed by atoms with Gasteiger partial charge >= 0.3 is 5.00 Å². The number of hydrogen-bond donors (Lipinski definition) is 1. The normalized spacial score (nSPS) is 22.8. The standard InChI is InChI=1S/C11H17N3O2S/c1-8(12)9-4-5-13(6-9)7-10-2-3-11(17-10)14(15)16/h2-3,8-9H,4-7,12H2,1H3. The van der Waals surface area contributed by atoms with Crippen LogP contribution in [0.2, 0.25) is 0 Å². The van der Waals surface area contributed by atoms with Crippen LogP contribution >= 0.6 is 11.3 Å². The summed E-state index contributed by atoms with van der Waals surface area (Å²) in [4.78, 5) is 13.6. The summed E-state index contributed by atoms with van der Waals surface area (Å²) in [6, 6.07) is 3.67. The van der Waals surface area contributed by atoms with Crippen LogP contribution in [0.4, 0.5) is 5.00 Å². The summed E-state index contributed by atoms with van der Waals surface area (Å²) >= 11 is 1.27. The number of thiophene rings is 1. The van der Waals surface area contributed by atoms with Crippen molar-refractivity contribution in [3.05, 3.63) is 27.1 Å². The Morgan fingerprint density at radius 2 is 2.47 bits per heavy atom. The van der Waals surface area contributed by atoms with E-state index in [9.17, 15) is 10.1 Å². The van der Waals surface area contributed by atoms with Gasteiger partial charge in [0.2, 0.25) is 0 Å². The summed E-state index contributed by atoms with van der Waals surface area (Å²) in [5.41, 5.74) is 5.88. The number of nitrogens with zero attached hydrogens (tertiary/aromatic N) is 2. The van der Waals surface area contributed by atoms with Crippen molar-refractivity contribution in [3.8, 4) is 0 Å². The maximum absolute atomic E-state index is 10.6. The van der Waals surface area contributed by atoms with Crippen molar-refractivity contribution in [1.82, 2.24) is 4.90 Å². The van der Waals surface area contributed by atoms with E-state index in [1.807, 2.05) is 13.0 Å². The van der Waals surface area contributed by atoms with Gasteiger partial charge < -0.3 is 5.73 Å². The highest BCUT2D eigenvalue weighted by Gasteiger charge is 2.25. The van der Waals surface area contributed by atoms with Gasteiger partial charge in [0.25, 0.3) is 0 Å². The fourth-order valence-electron chi connectivity index (χ4n) is 2.21. The lowest BCUT2D eigenvalue weighted by molar-refractivity contribution is -0.380. The third-order valence-electron chi connectivity index (χ3n) is 3.26. The average molecular weight is 255 g/mol. The molecule has 0 aliphatic carbocycles. The van der Waals surface area contributed by atoms with Crippen molar-refractivity contribution in [2.24, 2.45) is 11.7 Å². The molecule has 17 heavy (non-hydrogen) atoms.